The largest absolute Gasteiger partial charge is 0.493 e. The summed E-state index contributed by atoms with van der Waals surface area (Å²) in [6, 6.07) is 17.7. The van der Waals surface area contributed by atoms with Gasteiger partial charge in [-0.2, -0.15) is 5.26 Å². The van der Waals surface area contributed by atoms with Gasteiger partial charge in [0.15, 0.2) is 5.75 Å². The van der Waals surface area contributed by atoms with Crippen molar-refractivity contribution in [1.82, 2.24) is 20.0 Å². The molecule has 0 radical (unpaired) electrons. The van der Waals surface area contributed by atoms with Gasteiger partial charge < -0.3 is 15.4 Å². The molecular formula is C29H23BCl2FN7O. The van der Waals surface area contributed by atoms with Crippen LogP contribution in [0.15, 0.2) is 67.0 Å². The number of halogens is 3. The number of hydrogen-bond donors (Lipinski definition) is 2. The number of nitriles is 1. The van der Waals surface area contributed by atoms with Crippen LogP contribution in [0.3, 0.4) is 0 Å². The van der Waals surface area contributed by atoms with Gasteiger partial charge in [0.25, 0.3) is 0 Å². The van der Waals surface area contributed by atoms with Gasteiger partial charge >= 0.3 is 0 Å². The fraction of sp³-hybridized carbons (Fsp3) is 0.172. The first-order chi connectivity index (χ1) is 19.8. The van der Waals surface area contributed by atoms with Crippen LogP contribution in [-0.2, 0) is 5.44 Å². The molecule has 1 aliphatic carbocycles. The third-order valence-corrected chi connectivity index (χ3v) is 7.82. The minimum absolute atomic E-state index is 0.307. The summed E-state index contributed by atoms with van der Waals surface area (Å²) in [4.78, 5) is 4.46. The number of nitrogens with one attached hydrogen (secondary N) is 2. The summed E-state index contributed by atoms with van der Waals surface area (Å²) in [5.74, 6) is 0.0970. The molecule has 2 aromatic heterocycles. The number of benzene rings is 3. The topological polar surface area (TPSA) is 101 Å². The molecule has 1 aliphatic rings. The average molecular weight is 586 g/mol. The Labute approximate surface area is 246 Å². The Morgan fingerprint density at radius 3 is 2.63 bits per heavy atom. The molecule has 0 bridgehead atoms. The monoisotopic (exact) mass is 585 g/mol. The van der Waals surface area contributed by atoms with Crippen molar-refractivity contribution in [2.24, 2.45) is 0 Å². The van der Waals surface area contributed by atoms with E-state index in [2.05, 4.69) is 32.0 Å². The summed E-state index contributed by atoms with van der Waals surface area (Å²) >= 11 is 13.1. The molecule has 6 rings (SSSR count). The lowest BCUT2D eigenvalue weighted by atomic mass is 9.69. The zero-order valence-electron chi connectivity index (χ0n) is 22.1. The van der Waals surface area contributed by atoms with Crippen LogP contribution < -0.4 is 15.4 Å². The normalized spacial score (nSPS) is 14.3. The van der Waals surface area contributed by atoms with E-state index in [1.807, 2.05) is 24.8 Å². The SMILES string of the molecule is BC(Nc1cc(Cl)c2ncc(C#N)c(Nc3cccc(Cl)c3OC)c2c1)(c1ccc(F)cc1)c1cn(C2CC2)nn1. The number of ether oxygens (including phenoxy) is 1. The Morgan fingerprint density at radius 2 is 1.93 bits per heavy atom. The van der Waals surface area contributed by atoms with Crippen LogP contribution in [0.4, 0.5) is 21.5 Å². The van der Waals surface area contributed by atoms with Crippen LogP contribution in [0.1, 0.15) is 35.7 Å². The predicted octanol–water partition coefficient (Wildman–Crippen LogP) is 6.18. The standard InChI is InChI=1S/C29H23BCl2FN7O/c1-41-28-22(31)3-2-4-24(28)36-26-16(13-34)14-35-27-21(26)11-19(12-23(27)32)37-29(30,17-5-7-18(33)8-6-17)25-15-40(39-38-25)20-9-10-20/h2-8,11-12,14-15,20,37H,9-10,30H2,1H3,(H,35,36). The van der Waals surface area contributed by atoms with Gasteiger partial charge in [0.2, 0.25) is 0 Å². The highest BCUT2D eigenvalue weighted by Crippen LogP contribution is 2.41. The number of fused-ring (bicyclic) bond motifs is 1. The molecule has 1 atom stereocenters. The van der Waals surface area contributed by atoms with Crippen LogP contribution in [-0.4, -0.2) is 34.9 Å². The smallest absolute Gasteiger partial charge is 0.160 e. The number of aromatic nitrogens is 4. The Hall–Kier alpha value is -4.33. The van der Waals surface area contributed by atoms with Gasteiger partial charge in [-0.1, -0.05) is 46.6 Å². The highest BCUT2D eigenvalue weighted by atomic mass is 35.5. The van der Waals surface area contributed by atoms with E-state index >= 15 is 0 Å². The van der Waals surface area contributed by atoms with Crippen molar-refractivity contribution in [3.63, 3.8) is 0 Å². The molecule has 0 amide bonds. The number of rotatable bonds is 8. The number of nitrogens with zero attached hydrogens (tertiary/aromatic N) is 5. The van der Waals surface area contributed by atoms with Gasteiger partial charge in [-0.05, 0) is 54.8 Å². The van der Waals surface area contributed by atoms with E-state index in [-0.39, 0.29) is 5.82 Å². The minimum atomic E-state index is -0.901. The van der Waals surface area contributed by atoms with E-state index in [9.17, 15) is 9.65 Å². The molecule has 2 heterocycles. The van der Waals surface area contributed by atoms with Crippen molar-refractivity contribution in [1.29, 1.82) is 5.26 Å². The van der Waals surface area contributed by atoms with Gasteiger partial charge in [0.1, 0.15) is 25.4 Å². The molecule has 204 valence electrons. The summed E-state index contributed by atoms with van der Waals surface area (Å²) in [5, 5.41) is 27.1. The van der Waals surface area contributed by atoms with Gasteiger partial charge in [0.05, 0.1) is 57.3 Å². The predicted molar refractivity (Wildman–Crippen MR) is 160 cm³/mol. The number of hydrogen-bond acceptors (Lipinski definition) is 7. The van der Waals surface area contributed by atoms with Crippen LogP contribution in [0.2, 0.25) is 10.0 Å². The fourth-order valence-electron chi connectivity index (χ4n) is 4.88. The molecule has 1 saturated carbocycles. The van der Waals surface area contributed by atoms with Crippen molar-refractivity contribution in [3.05, 3.63) is 99.7 Å². The van der Waals surface area contributed by atoms with Crippen molar-refractivity contribution >= 4 is 59.0 Å². The summed E-state index contributed by atoms with van der Waals surface area (Å²) in [7, 11) is 3.48. The number of anilines is 3. The zero-order valence-corrected chi connectivity index (χ0v) is 23.6. The first-order valence-corrected chi connectivity index (χ1v) is 13.6. The molecule has 3 aromatic carbocycles. The highest BCUT2D eigenvalue weighted by molar-refractivity contribution is 6.36. The second kappa shape index (κ2) is 10.6. The molecule has 1 fully saturated rings. The quantitative estimate of drug-likeness (QED) is 0.210. The van der Waals surface area contributed by atoms with Gasteiger partial charge in [-0.15, -0.1) is 5.10 Å². The maximum Gasteiger partial charge on any atom is 0.160 e. The Bertz CT molecular complexity index is 1820. The molecule has 41 heavy (non-hydrogen) atoms. The van der Waals surface area contributed by atoms with Gasteiger partial charge in [-0.25, -0.2) is 9.07 Å². The van der Waals surface area contributed by atoms with E-state index in [1.165, 1.54) is 25.4 Å². The van der Waals surface area contributed by atoms with Crippen LogP contribution in [0, 0.1) is 17.1 Å². The summed E-state index contributed by atoms with van der Waals surface area (Å²) in [5.41, 5.74) is 3.06. The number of methoxy groups -OCH3 is 1. The maximum atomic E-state index is 13.9. The lowest BCUT2D eigenvalue weighted by Gasteiger charge is -2.31. The molecule has 1 unspecified atom stereocenters. The van der Waals surface area contributed by atoms with E-state index in [4.69, 9.17) is 27.9 Å². The fourth-order valence-corrected chi connectivity index (χ4v) is 5.40. The Morgan fingerprint density at radius 1 is 1.15 bits per heavy atom. The molecule has 0 aliphatic heterocycles. The van der Waals surface area contributed by atoms with Crippen LogP contribution in [0.5, 0.6) is 5.75 Å². The lowest BCUT2D eigenvalue weighted by molar-refractivity contribution is 0.417. The average Bonchev–Trinajstić information content (AvgIpc) is 3.69. The third kappa shape index (κ3) is 5.03. The maximum absolute atomic E-state index is 13.9. The zero-order chi connectivity index (χ0) is 28.7. The van der Waals surface area contributed by atoms with E-state index < -0.39 is 5.44 Å². The number of pyridine rings is 1. The molecule has 2 N–H and O–H groups in total. The molecule has 8 nitrogen and oxygen atoms in total. The molecule has 0 spiro atoms. The van der Waals surface area contributed by atoms with Crippen molar-refractivity contribution < 1.29 is 9.13 Å². The Kier molecular flexibility index (Phi) is 6.93. The number of para-hydroxylation sites is 1. The van der Waals surface area contributed by atoms with E-state index in [0.717, 1.165) is 18.4 Å². The van der Waals surface area contributed by atoms with Crippen molar-refractivity contribution in [3.8, 4) is 11.8 Å². The molecule has 0 saturated heterocycles. The van der Waals surface area contributed by atoms with Gasteiger partial charge in [-0.3, -0.25) is 4.98 Å². The highest BCUT2D eigenvalue weighted by Gasteiger charge is 2.34. The minimum Gasteiger partial charge on any atom is -0.493 e. The van der Waals surface area contributed by atoms with E-state index in [0.29, 0.717) is 61.1 Å². The van der Waals surface area contributed by atoms with Gasteiger partial charge in [0, 0.05) is 17.3 Å². The second-order valence-electron chi connectivity index (χ2n) is 10.0. The van der Waals surface area contributed by atoms with Crippen LogP contribution in [0.25, 0.3) is 10.9 Å². The third-order valence-electron chi connectivity index (χ3n) is 7.24. The lowest BCUT2D eigenvalue weighted by Crippen LogP contribution is -2.37. The summed E-state index contributed by atoms with van der Waals surface area (Å²) in [6.07, 6.45) is 5.51. The van der Waals surface area contributed by atoms with Crippen LogP contribution >= 0.6 is 23.2 Å². The van der Waals surface area contributed by atoms with E-state index in [1.54, 1.807) is 36.4 Å². The molecular weight excluding hydrogens is 563 g/mol. The van der Waals surface area contributed by atoms with Crippen molar-refractivity contribution in [2.75, 3.05) is 17.7 Å². The summed E-state index contributed by atoms with van der Waals surface area (Å²) in [6.45, 7) is 0. The Balaban J connectivity index is 1.48. The first-order valence-electron chi connectivity index (χ1n) is 12.9. The van der Waals surface area contributed by atoms with Crippen molar-refractivity contribution in [2.45, 2.75) is 24.3 Å². The second-order valence-corrected chi connectivity index (χ2v) is 10.8. The first kappa shape index (κ1) is 26.9. The molecule has 12 heteroatoms. The molecule has 5 aromatic rings. The summed E-state index contributed by atoms with van der Waals surface area (Å²) < 4.78 is 21.3.